The maximum atomic E-state index is 13.9. The fraction of sp³-hybridized carbons (Fsp3) is 0.684. The van der Waals surface area contributed by atoms with E-state index in [-0.39, 0.29) is 11.9 Å². The lowest BCUT2D eigenvalue weighted by Gasteiger charge is -2.28. The Morgan fingerprint density at radius 2 is 2.28 bits per heavy atom. The summed E-state index contributed by atoms with van der Waals surface area (Å²) in [5.74, 6) is 2.63. The molecule has 3 atom stereocenters. The van der Waals surface area contributed by atoms with E-state index >= 15 is 0 Å². The molecule has 1 aromatic rings. The number of pyridine rings is 1. The second-order valence-corrected chi connectivity index (χ2v) is 7.48. The molecule has 2 aliphatic rings. The van der Waals surface area contributed by atoms with Crippen LogP contribution in [-0.2, 0) is 0 Å². The Morgan fingerprint density at radius 1 is 1.40 bits per heavy atom. The molecule has 2 heterocycles. The lowest BCUT2D eigenvalue weighted by molar-refractivity contribution is 0.282. The molecular formula is C19H30FN5. The topological polar surface area (TPSA) is 52.6 Å². The summed E-state index contributed by atoms with van der Waals surface area (Å²) in [5.41, 5.74) is 0. The van der Waals surface area contributed by atoms with Gasteiger partial charge in [-0.15, -0.1) is 0 Å². The lowest BCUT2D eigenvalue weighted by Crippen LogP contribution is -2.46. The highest BCUT2D eigenvalue weighted by Gasteiger charge is 2.26. The maximum absolute atomic E-state index is 13.9. The summed E-state index contributed by atoms with van der Waals surface area (Å²) < 4.78 is 13.9. The average Bonchev–Trinajstić information content (AvgIpc) is 3.07. The summed E-state index contributed by atoms with van der Waals surface area (Å²) in [7, 11) is 1.81. The molecule has 5 nitrogen and oxygen atoms in total. The van der Waals surface area contributed by atoms with Crippen LogP contribution in [0.25, 0.3) is 0 Å². The van der Waals surface area contributed by atoms with E-state index < -0.39 is 0 Å². The summed E-state index contributed by atoms with van der Waals surface area (Å²) in [6, 6.07) is 3.36. The van der Waals surface area contributed by atoms with Gasteiger partial charge in [-0.25, -0.2) is 9.37 Å². The van der Waals surface area contributed by atoms with Crippen LogP contribution < -0.4 is 15.5 Å². The van der Waals surface area contributed by atoms with Crippen molar-refractivity contribution in [1.29, 1.82) is 0 Å². The van der Waals surface area contributed by atoms with E-state index in [0.717, 1.165) is 43.9 Å². The first-order chi connectivity index (χ1) is 12.2. The third-order valence-electron chi connectivity index (χ3n) is 5.39. The molecule has 138 valence electrons. The Bertz CT molecular complexity index is 591. The number of nitrogens with one attached hydrogen (secondary N) is 2. The van der Waals surface area contributed by atoms with Crippen LogP contribution in [0, 0.1) is 17.7 Å². The minimum atomic E-state index is -0.253. The summed E-state index contributed by atoms with van der Waals surface area (Å²) in [4.78, 5) is 10.5. The van der Waals surface area contributed by atoms with Crippen LogP contribution in [0.1, 0.15) is 39.0 Å². The summed E-state index contributed by atoms with van der Waals surface area (Å²) >= 11 is 0. The van der Waals surface area contributed by atoms with E-state index in [2.05, 4.69) is 27.5 Å². The van der Waals surface area contributed by atoms with Crippen molar-refractivity contribution < 1.29 is 4.39 Å². The summed E-state index contributed by atoms with van der Waals surface area (Å²) in [6.07, 6.45) is 7.92. The van der Waals surface area contributed by atoms with Crippen molar-refractivity contribution in [2.24, 2.45) is 16.8 Å². The van der Waals surface area contributed by atoms with Crippen molar-refractivity contribution >= 4 is 11.8 Å². The largest absolute Gasteiger partial charge is 0.356 e. The van der Waals surface area contributed by atoms with Gasteiger partial charge in [0.2, 0.25) is 0 Å². The van der Waals surface area contributed by atoms with Crippen LogP contribution in [0.15, 0.2) is 23.3 Å². The molecule has 1 aliphatic heterocycles. The fourth-order valence-electron chi connectivity index (χ4n) is 4.05. The highest BCUT2D eigenvalue weighted by atomic mass is 19.1. The van der Waals surface area contributed by atoms with Crippen LogP contribution in [0.5, 0.6) is 0 Å². The van der Waals surface area contributed by atoms with E-state index in [1.807, 2.05) is 11.9 Å². The van der Waals surface area contributed by atoms with Crippen molar-refractivity contribution in [3.8, 4) is 0 Å². The standard InChI is InChI=1S/C19H30FN5/c1-14-5-3-6-15(11-14)12-23-19(21-2)24-16-8-10-25(13-16)18-17(20)7-4-9-22-18/h4,7,9,14-16H,3,5-6,8,10-13H2,1-2H3,(H2,21,23,24). The molecule has 3 unspecified atom stereocenters. The highest BCUT2D eigenvalue weighted by molar-refractivity contribution is 5.80. The molecule has 1 saturated heterocycles. The molecule has 2 fully saturated rings. The number of nitrogens with zero attached hydrogens (tertiary/aromatic N) is 3. The van der Waals surface area contributed by atoms with Gasteiger partial charge in [0.25, 0.3) is 0 Å². The van der Waals surface area contributed by atoms with Gasteiger partial charge in [-0.2, -0.15) is 0 Å². The van der Waals surface area contributed by atoms with Gasteiger partial charge in [-0.3, -0.25) is 4.99 Å². The van der Waals surface area contributed by atoms with Crippen LogP contribution >= 0.6 is 0 Å². The van der Waals surface area contributed by atoms with E-state index in [1.165, 1.54) is 31.7 Å². The Labute approximate surface area is 150 Å². The van der Waals surface area contributed by atoms with Crippen LogP contribution in [0.2, 0.25) is 0 Å². The van der Waals surface area contributed by atoms with Crippen molar-refractivity contribution in [2.45, 2.75) is 45.1 Å². The van der Waals surface area contributed by atoms with Gasteiger partial charge in [-0.1, -0.05) is 19.8 Å². The molecule has 1 saturated carbocycles. The molecule has 0 bridgehead atoms. The SMILES string of the molecule is CN=C(NCC1CCCC(C)C1)NC1CCN(c2ncccc2F)C1. The van der Waals surface area contributed by atoms with Crippen LogP contribution in [0.3, 0.4) is 0 Å². The number of hydrogen-bond donors (Lipinski definition) is 2. The minimum absolute atomic E-state index is 0.253. The third kappa shape index (κ3) is 4.83. The first-order valence-electron chi connectivity index (χ1n) is 9.48. The van der Waals surface area contributed by atoms with Crippen molar-refractivity contribution in [3.05, 3.63) is 24.1 Å². The van der Waals surface area contributed by atoms with Gasteiger partial charge in [0, 0.05) is 38.9 Å². The molecule has 0 aromatic carbocycles. The van der Waals surface area contributed by atoms with Crippen molar-refractivity contribution in [1.82, 2.24) is 15.6 Å². The van der Waals surface area contributed by atoms with E-state index in [9.17, 15) is 4.39 Å². The molecule has 0 amide bonds. The molecule has 1 aromatic heterocycles. The molecule has 2 N–H and O–H groups in total. The first kappa shape index (κ1) is 18.0. The first-order valence-corrected chi connectivity index (χ1v) is 9.48. The third-order valence-corrected chi connectivity index (χ3v) is 5.39. The molecule has 0 spiro atoms. The monoisotopic (exact) mass is 347 g/mol. The molecule has 0 radical (unpaired) electrons. The van der Waals surface area contributed by atoms with Crippen molar-refractivity contribution in [2.75, 3.05) is 31.6 Å². The number of aliphatic imine (C=N–C) groups is 1. The van der Waals surface area contributed by atoms with Crippen LogP contribution in [-0.4, -0.2) is 43.7 Å². The number of hydrogen-bond acceptors (Lipinski definition) is 3. The second-order valence-electron chi connectivity index (χ2n) is 7.48. The Balaban J connectivity index is 1.47. The number of anilines is 1. The van der Waals surface area contributed by atoms with Crippen molar-refractivity contribution in [3.63, 3.8) is 0 Å². The molecular weight excluding hydrogens is 317 g/mol. The smallest absolute Gasteiger partial charge is 0.191 e. The zero-order valence-electron chi connectivity index (χ0n) is 15.3. The zero-order valence-corrected chi connectivity index (χ0v) is 15.3. The number of guanidine groups is 1. The number of aromatic nitrogens is 1. The van der Waals surface area contributed by atoms with Gasteiger partial charge >= 0.3 is 0 Å². The second kappa shape index (κ2) is 8.50. The number of halogens is 1. The Kier molecular flexibility index (Phi) is 6.10. The van der Waals surface area contributed by atoms with E-state index in [1.54, 1.807) is 12.3 Å². The summed E-state index contributed by atoms with van der Waals surface area (Å²) in [6.45, 7) is 4.89. The predicted molar refractivity (Wildman–Crippen MR) is 100 cm³/mol. The predicted octanol–water partition coefficient (Wildman–Crippen LogP) is 2.79. The normalized spacial score (nSPS) is 27.4. The zero-order chi connectivity index (χ0) is 17.6. The van der Waals surface area contributed by atoms with Gasteiger partial charge < -0.3 is 15.5 Å². The molecule has 3 rings (SSSR count). The number of rotatable bonds is 4. The van der Waals surface area contributed by atoms with Gasteiger partial charge in [0.05, 0.1) is 0 Å². The Morgan fingerprint density at radius 3 is 3.04 bits per heavy atom. The van der Waals surface area contributed by atoms with Crippen LogP contribution in [0.4, 0.5) is 10.2 Å². The highest BCUT2D eigenvalue weighted by Crippen LogP contribution is 2.28. The van der Waals surface area contributed by atoms with E-state index in [0.29, 0.717) is 5.82 Å². The molecule has 1 aliphatic carbocycles. The average molecular weight is 347 g/mol. The molecule has 6 heteroatoms. The molecule has 25 heavy (non-hydrogen) atoms. The Hall–Kier alpha value is -1.85. The lowest BCUT2D eigenvalue weighted by atomic mass is 9.82. The van der Waals surface area contributed by atoms with Gasteiger partial charge in [-0.05, 0) is 43.2 Å². The minimum Gasteiger partial charge on any atom is -0.356 e. The maximum Gasteiger partial charge on any atom is 0.191 e. The fourth-order valence-corrected chi connectivity index (χ4v) is 4.05. The van der Waals surface area contributed by atoms with Gasteiger partial charge in [0.15, 0.2) is 17.6 Å². The van der Waals surface area contributed by atoms with Gasteiger partial charge in [0.1, 0.15) is 0 Å². The summed E-state index contributed by atoms with van der Waals surface area (Å²) in [5, 5.41) is 6.97. The quantitative estimate of drug-likeness (QED) is 0.650. The van der Waals surface area contributed by atoms with E-state index in [4.69, 9.17) is 0 Å².